The number of carboxylic acid groups (broad SMARTS) is 1. The minimum Gasteiger partial charge on any atom is -0.508 e. The smallest absolute Gasteiger partial charge is 0.338 e. The number of benzene rings is 2. The van der Waals surface area contributed by atoms with Crippen LogP contribution in [0.15, 0.2) is 54.6 Å². The summed E-state index contributed by atoms with van der Waals surface area (Å²) < 4.78 is 16.2. The molecule has 1 saturated heterocycles. The average molecular weight is 446 g/mol. The average Bonchev–Trinajstić information content (AvgIpc) is 2.78. The molecule has 1 fully saturated rings. The first-order valence-electron chi connectivity index (χ1n) is 9.58. The van der Waals surface area contributed by atoms with Gasteiger partial charge in [-0.3, -0.25) is 0 Å². The first kappa shape index (κ1) is 23.2. The number of esters is 1. The van der Waals surface area contributed by atoms with Crippen molar-refractivity contribution in [1.82, 2.24) is 0 Å². The van der Waals surface area contributed by atoms with Crippen LogP contribution >= 0.6 is 0 Å². The molecule has 5 N–H and O–H groups in total. The zero-order chi connectivity index (χ0) is 23.3. The van der Waals surface area contributed by atoms with E-state index in [0.717, 1.165) is 6.08 Å². The number of hydrogen-bond donors (Lipinski definition) is 5. The van der Waals surface area contributed by atoms with Gasteiger partial charge in [0.1, 0.15) is 42.5 Å². The van der Waals surface area contributed by atoms with Crippen molar-refractivity contribution in [3.05, 3.63) is 65.7 Å². The molecule has 0 aliphatic carbocycles. The maximum absolute atomic E-state index is 12.1. The lowest BCUT2D eigenvalue weighted by Crippen LogP contribution is -2.60. The van der Waals surface area contributed by atoms with Crippen molar-refractivity contribution in [2.45, 2.75) is 30.7 Å². The molecule has 1 heterocycles. The second-order valence-corrected chi connectivity index (χ2v) is 7.02. The van der Waals surface area contributed by atoms with Crippen LogP contribution in [0.25, 0.3) is 6.08 Å². The molecule has 0 radical (unpaired) electrons. The highest BCUT2D eigenvalue weighted by Gasteiger charge is 2.45. The van der Waals surface area contributed by atoms with E-state index < -0.39 is 49.3 Å². The monoisotopic (exact) mass is 446 g/mol. The molecular formula is C22H22O10. The number of aliphatic carboxylic acids is 1. The van der Waals surface area contributed by atoms with E-state index >= 15 is 0 Å². The normalized spacial score (nSPS) is 25.4. The van der Waals surface area contributed by atoms with Crippen molar-refractivity contribution in [3.63, 3.8) is 0 Å². The van der Waals surface area contributed by atoms with Gasteiger partial charge in [-0.15, -0.1) is 0 Å². The maximum atomic E-state index is 12.1. The van der Waals surface area contributed by atoms with Crippen LogP contribution in [0.2, 0.25) is 0 Å². The Balaban J connectivity index is 1.62. The predicted octanol–water partition coefficient (Wildman–Crippen LogP) is 0.533. The minimum atomic E-state index is -1.62. The van der Waals surface area contributed by atoms with Crippen LogP contribution in [0.1, 0.15) is 15.9 Å². The van der Waals surface area contributed by atoms with Gasteiger partial charge in [0.25, 0.3) is 0 Å². The molecular weight excluding hydrogens is 424 g/mol. The van der Waals surface area contributed by atoms with Crippen molar-refractivity contribution in [1.29, 1.82) is 0 Å². The second kappa shape index (κ2) is 10.2. The number of aliphatic hydroxyl groups is 3. The van der Waals surface area contributed by atoms with Crippen LogP contribution in [0.5, 0.6) is 11.5 Å². The van der Waals surface area contributed by atoms with E-state index in [2.05, 4.69) is 0 Å². The van der Waals surface area contributed by atoms with Crippen LogP contribution in [0.4, 0.5) is 0 Å². The van der Waals surface area contributed by atoms with Gasteiger partial charge < -0.3 is 39.7 Å². The molecule has 10 heteroatoms. The van der Waals surface area contributed by atoms with E-state index in [1.165, 1.54) is 42.5 Å². The number of phenolic OH excluding ortho intramolecular Hbond substituents is 1. The van der Waals surface area contributed by atoms with Crippen LogP contribution in [0, 0.1) is 0 Å². The number of rotatable bonds is 7. The third kappa shape index (κ3) is 5.83. The lowest BCUT2D eigenvalue weighted by Gasteiger charge is -2.39. The molecule has 0 aromatic heterocycles. The predicted molar refractivity (Wildman–Crippen MR) is 109 cm³/mol. The second-order valence-electron chi connectivity index (χ2n) is 7.02. The SMILES string of the molecule is O=C(O)/C=C\c1ccc(O[C@@H]2O[C@H](COC(=O)c3ccc(O)cc3)[C@@H](O)[C@H](O)[C@H]2O)cc1. The third-order valence-corrected chi connectivity index (χ3v) is 4.70. The van der Waals surface area contributed by atoms with Gasteiger partial charge in [0.15, 0.2) is 0 Å². The van der Waals surface area contributed by atoms with Gasteiger partial charge in [-0.25, -0.2) is 9.59 Å². The molecule has 3 rings (SSSR count). The van der Waals surface area contributed by atoms with Gasteiger partial charge in [-0.1, -0.05) is 12.1 Å². The molecule has 0 bridgehead atoms. The fraction of sp³-hybridized carbons (Fsp3) is 0.273. The zero-order valence-electron chi connectivity index (χ0n) is 16.6. The molecule has 2 aromatic rings. The number of ether oxygens (including phenoxy) is 3. The minimum absolute atomic E-state index is 0.0179. The van der Waals surface area contributed by atoms with Gasteiger partial charge >= 0.3 is 11.9 Å². The molecule has 0 amide bonds. The summed E-state index contributed by atoms with van der Waals surface area (Å²) in [6, 6.07) is 11.5. The first-order chi connectivity index (χ1) is 15.2. The van der Waals surface area contributed by atoms with Gasteiger partial charge in [-0.05, 0) is 48.0 Å². The summed E-state index contributed by atoms with van der Waals surface area (Å²) in [5.41, 5.74) is 0.762. The Morgan fingerprint density at radius 2 is 1.59 bits per heavy atom. The van der Waals surface area contributed by atoms with Crippen molar-refractivity contribution in [2.75, 3.05) is 6.61 Å². The van der Waals surface area contributed by atoms with E-state index in [9.17, 15) is 30.0 Å². The molecule has 32 heavy (non-hydrogen) atoms. The molecule has 0 unspecified atom stereocenters. The topological polar surface area (TPSA) is 163 Å². The molecule has 1 aliphatic heterocycles. The Morgan fingerprint density at radius 3 is 2.22 bits per heavy atom. The Kier molecular flexibility index (Phi) is 7.44. The van der Waals surface area contributed by atoms with Gasteiger partial charge in [0.2, 0.25) is 6.29 Å². The molecule has 0 saturated carbocycles. The summed E-state index contributed by atoms with van der Waals surface area (Å²) in [7, 11) is 0. The number of hydrogen-bond acceptors (Lipinski definition) is 9. The number of aliphatic hydroxyl groups excluding tert-OH is 3. The number of carboxylic acids is 1. The summed E-state index contributed by atoms with van der Waals surface area (Å²) in [5, 5.41) is 48.5. The van der Waals surface area contributed by atoms with Crippen molar-refractivity contribution < 1.29 is 49.3 Å². The molecule has 2 aromatic carbocycles. The number of phenols is 1. The summed E-state index contributed by atoms with van der Waals surface area (Å²) in [5.74, 6) is -1.58. The Bertz CT molecular complexity index is 954. The standard InChI is InChI=1S/C22H22O10/c23-14-6-4-13(5-7-14)21(29)30-11-16-18(26)19(27)20(28)22(32-16)31-15-8-1-12(2-9-15)3-10-17(24)25/h1-10,16,18-20,22-23,26-28H,11H2,(H,24,25)/b10-3-/t16-,18-,19+,20-,22-/m1/s1. The van der Waals surface area contributed by atoms with Crippen LogP contribution in [-0.4, -0.2) is 74.8 Å². The van der Waals surface area contributed by atoms with Crippen LogP contribution in [0.3, 0.4) is 0 Å². The maximum Gasteiger partial charge on any atom is 0.338 e. The number of aromatic hydroxyl groups is 1. The van der Waals surface area contributed by atoms with E-state index in [0.29, 0.717) is 5.56 Å². The molecule has 0 spiro atoms. The quantitative estimate of drug-likeness (QED) is 0.299. The van der Waals surface area contributed by atoms with Crippen molar-refractivity contribution in [2.24, 2.45) is 0 Å². The van der Waals surface area contributed by atoms with Crippen molar-refractivity contribution in [3.8, 4) is 11.5 Å². The highest BCUT2D eigenvalue weighted by Crippen LogP contribution is 2.25. The fourth-order valence-electron chi connectivity index (χ4n) is 2.95. The Morgan fingerprint density at radius 1 is 0.938 bits per heavy atom. The van der Waals surface area contributed by atoms with Gasteiger partial charge in [0.05, 0.1) is 5.56 Å². The highest BCUT2D eigenvalue weighted by atomic mass is 16.7. The highest BCUT2D eigenvalue weighted by molar-refractivity contribution is 5.89. The number of carbonyl (C=O) groups is 2. The van der Waals surface area contributed by atoms with E-state index in [-0.39, 0.29) is 17.1 Å². The molecule has 170 valence electrons. The van der Waals surface area contributed by atoms with Crippen molar-refractivity contribution >= 4 is 18.0 Å². The van der Waals surface area contributed by atoms with Gasteiger partial charge in [0, 0.05) is 6.08 Å². The van der Waals surface area contributed by atoms with Crippen LogP contribution in [-0.2, 0) is 14.3 Å². The molecule has 10 nitrogen and oxygen atoms in total. The van der Waals surface area contributed by atoms with Crippen LogP contribution < -0.4 is 4.74 Å². The molecule has 5 atom stereocenters. The summed E-state index contributed by atoms with van der Waals surface area (Å²) in [6.45, 7) is -0.427. The Hall–Kier alpha value is -3.44. The van der Waals surface area contributed by atoms with E-state index in [1.54, 1.807) is 12.1 Å². The molecule has 1 aliphatic rings. The lowest BCUT2D eigenvalue weighted by molar-refractivity contribution is -0.277. The largest absolute Gasteiger partial charge is 0.508 e. The number of carbonyl (C=O) groups excluding carboxylic acids is 1. The third-order valence-electron chi connectivity index (χ3n) is 4.70. The summed E-state index contributed by atoms with van der Waals surface area (Å²) in [4.78, 5) is 22.7. The zero-order valence-corrected chi connectivity index (χ0v) is 16.6. The fourth-order valence-corrected chi connectivity index (χ4v) is 2.95. The summed E-state index contributed by atoms with van der Waals surface area (Å²) >= 11 is 0. The Labute approximate surface area is 182 Å². The van der Waals surface area contributed by atoms with E-state index in [4.69, 9.17) is 19.3 Å². The van der Waals surface area contributed by atoms with E-state index in [1.807, 2.05) is 0 Å². The lowest BCUT2D eigenvalue weighted by atomic mass is 9.99. The van der Waals surface area contributed by atoms with Gasteiger partial charge in [-0.2, -0.15) is 0 Å². The summed E-state index contributed by atoms with van der Waals surface area (Å²) in [6.07, 6.45) is -4.93. The first-order valence-corrected chi connectivity index (χ1v) is 9.58.